The molecule has 0 saturated heterocycles. The van der Waals surface area contributed by atoms with Crippen molar-refractivity contribution >= 4 is 5.97 Å². The van der Waals surface area contributed by atoms with Gasteiger partial charge in [0.25, 0.3) is 0 Å². The third-order valence-electron chi connectivity index (χ3n) is 4.05. The fourth-order valence-corrected chi connectivity index (χ4v) is 2.60. The highest BCUT2D eigenvalue weighted by molar-refractivity contribution is 5.74. The maximum atomic E-state index is 11.4. The Balaban J connectivity index is 3.21. The first kappa shape index (κ1) is 21.4. The second kappa shape index (κ2) is 16.8. The van der Waals surface area contributed by atoms with Crippen LogP contribution in [0.25, 0.3) is 0 Å². The summed E-state index contributed by atoms with van der Waals surface area (Å²) in [5.41, 5.74) is 0. The van der Waals surface area contributed by atoms with E-state index >= 15 is 0 Å². The molecule has 1 N–H and O–H groups in total. The lowest BCUT2D eigenvalue weighted by Crippen LogP contribution is -2.23. The van der Waals surface area contributed by atoms with Crippen LogP contribution in [0.4, 0.5) is 0 Å². The van der Waals surface area contributed by atoms with Crippen LogP contribution in [0.1, 0.15) is 104 Å². The Labute approximate surface area is 137 Å². The minimum Gasteiger partial charge on any atom is -0.464 e. The van der Waals surface area contributed by atoms with Crippen molar-refractivity contribution in [2.75, 3.05) is 6.61 Å². The van der Waals surface area contributed by atoms with Crippen LogP contribution in [-0.2, 0) is 9.53 Å². The molecule has 0 bridgehead atoms. The molecule has 0 spiro atoms. The van der Waals surface area contributed by atoms with Gasteiger partial charge in [-0.05, 0) is 12.8 Å². The number of ether oxygens (including phenoxy) is 1. The van der Waals surface area contributed by atoms with E-state index in [4.69, 9.17) is 4.74 Å². The Hall–Kier alpha value is -0.570. The van der Waals surface area contributed by atoms with E-state index in [0.717, 1.165) is 19.3 Å². The van der Waals surface area contributed by atoms with Crippen LogP contribution in [0.15, 0.2) is 0 Å². The molecule has 0 saturated carbocycles. The smallest absolute Gasteiger partial charge is 0.334 e. The van der Waals surface area contributed by atoms with E-state index in [1.807, 2.05) is 6.92 Å². The Kier molecular flexibility index (Phi) is 16.4. The standard InChI is InChI=1S/C19H38O3/c1-3-5-6-7-8-9-10-11-12-13-14-15-16-18(20)19(21)22-17-4-2/h18,20H,3-17H2,1-2H3. The van der Waals surface area contributed by atoms with Crippen molar-refractivity contribution < 1.29 is 14.6 Å². The van der Waals surface area contributed by atoms with E-state index < -0.39 is 12.1 Å². The molecule has 0 aliphatic heterocycles. The van der Waals surface area contributed by atoms with Gasteiger partial charge in [0.15, 0.2) is 6.10 Å². The van der Waals surface area contributed by atoms with Gasteiger partial charge in [-0.15, -0.1) is 0 Å². The monoisotopic (exact) mass is 314 g/mol. The van der Waals surface area contributed by atoms with E-state index in [0.29, 0.717) is 13.0 Å². The van der Waals surface area contributed by atoms with Crippen LogP contribution in [0, 0.1) is 0 Å². The van der Waals surface area contributed by atoms with Crippen LogP contribution in [0.3, 0.4) is 0 Å². The molecule has 3 nitrogen and oxygen atoms in total. The highest BCUT2D eigenvalue weighted by atomic mass is 16.5. The molecule has 0 fully saturated rings. The second-order valence-electron chi connectivity index (χ2n) is 6.36. The summed E-state index contributed by atoms with van der Waals surface area (Å²) in [4.78, 5) is 11.4. The average molecular weight is 315 g/mol. The Morgan fingerprint density at radius 3 is 1.68 bits per heavy atom. The van der Waals surface area contributed by atoms with Gasteiger partial charge in [-0.3, -0.25) is 0 Å². The first-order chi connectivity index (χ1) is 10.7. The number of hydrogen-bond acceptors (Lipinski definition) is 3. The first-order valence-corrected chi connectivity index (χ1v) is 9.57. The zero-order valence-corrected chi connectivity index (χ0v) is 14.9. The molecule has 0 rings (SSSR count). The average Bonchev–Trinajstić information content (AvgIpc) is 2.53. The van der Waals surface area contributed by atoms with E-state index in [1.165, 1.54) is 64.2 Å². The lowest BCUT2D eigenvalue weighted by molar-refractivity contribution is -0.153. The third kappa shape index (κ3) is 14.4. The summed E-state index contributed by atoms with van der Waals surface area (Å²) in [6, 6.07) is 0. The summed E-state index contributed by atoms with van der Waals surface area (Å²) < 4.78 is 4.92. The van der Waals surface area contributed by atoms with Crippen LogP contribution < -0.4 is 0 Å². The van der Waals surface area contributed by atoms with Crippen molar-refractivity contribution in [3.63, 3.8) is 0 Å². The molecular weight excluding hydrogens is 276 g/mol. The summed E-state index contributed by atoms with van der Waals surface area (Å²) in [6.45, 7) is 4.62. The Bertz CT molecular complexity index is 241. The van der Waals surface area contributed by atoms with Crippen molar-refractivity contribution in [3.05, 3.63) is 0 Å². The minimum absolute atomic E-state index is 0.411. The number of carbonyl (C=O) groups excluding carboxylic acids is 1. The third-order valence-corrected chi connectivity index (χ3v) is 4.05. The number of aliphatic hydroxyl groups is 1. The number of hydrogen-bond donors (Lipinski definition) is 1. The van der Waals surface area contributed by atoms with Gasteiger partial charge in [-0.1, -0.05) is 90.9 Å². The second-order valence-corrected chi connectivity index (χ2v) is 6.36. The molecule has 0 aliphatic carbocycles. The van der Waals surface area contributed by atoms with Gasteiger partial charge in [0.2, 0.25) is 0 Å². The summed E-state index contributed by atoms with van der Waals surface area (Å²) >= 11 is 0. The molecule has 0 aromatic carbocycles. The van der Waals surface area contributed by atoms with Gasteiger partial charge in [-0.25, -0.2) is 4.79 Å². The maximum absolute atomic E-state index is 11.4. The van der Waals surface area contributed by atoms with Crippen molar-refractivity contribution in [1.29, 1.82) is 0 Å². The molecule has 0 aromatic heterocycles. The molecule has 0 amide bonds. The summed E-state index contributed by atoms with van der Waals surface area (Å²) in [5, 5.41) is 9.63. The van der Waals surface area contributed by atoms with Gasteiger partial charge in [0.05, 0.1) is 6.61 Å². The normalized spacial score (nSPS) is 12.3. The van der Waals surface area contributed by atoms with Crippen LogP contribution >= 0.6 is 0 Å². The SMILES string of the molecule is CCCCCCCCCCCCCCC(O)C(=O)OCCC. The largest absolute Gasteiger partial charge is 0.464 e. The summed E-state index contributed by atoms with van der Waals surface area (Å²) in [6.07, 6.45) is 15.9. The van der Waals surface area contributed by atoms with Crippen LogP contribution in [0.2, 0.25) is 0 Å². The minimum atomic E-state index is -0.922. The van der Waals surface area contributed by atoms with Crippen molar-refractivity contribution in [2.45, 2.75) is 110 Å². The van der Waals surface area contributed by atoms with Crippen molar-refractivity contribution in [1.82, 2.24) is 0 Å². The van der Waals surface area contributed by atoms with Crippen molar-refractivity contribution in [2.24, 2.45) is 0 Å². The highest BCUT2D eigenvalue weighted by Gasteiger charge is 2.15. The quantitative estimate of drug-likeness (QED) is 0.307. The predicted molar refractivity (Wildman–Crippen MR) is 93.0 cm³/mol. The molecule has 22 heavy (non-hydrogen) atoms. The zero-order chi connectivity index (χ0) is 16.5. The number of unbranched alkanes of at least 4 members (excludes halogenated alkanes) is 11. The van der Waals surface area contributed by atoms with Crippen LogP contribution in [0.5, 0.6) is 0 Å². The maximum Gasteiger partial charge on any atom is 0.334 e. The lowest BCUT2D eigenvalue weighted by atomic mass is 10.0. The number of aliphatic hydroxyl groups excluding tert-OH is 1. The van der Waals surface area contributed by atoms with E-state index in [1.54, 1.807) is 0 Å². The van der Waals surface area contributed by atoms with Gasteiger partial charge in [0, 0.05) is 0 Å². The fourth-order valence-electron chi connectivity index (χ4n) is 2.60. The molecule has 1 atom stereocenters. The molecule has 0 aliphatic rings. The van der Waals surface area contributed by atoms with E-state index in [9.17, 15) is 9.90 Å². The summed E-state index contributed by atoms with van der Waals surface area (Å²) in [7, 11) is 0. The number of carbonyl (C=O) groups is 1. The molecule has 0 aromatic rings. The number of esters is 1. The lowest BCUT2D eigenvalue weighted by Gasteiger charge is -2.09. The number of rotatable bonds is 16. The van der Waals surface area contributed by atoms with Crippen LogP contribution in [-0.4, -0.2) is 23.8 Å². The predicted octanol–water partition coefficient (Wildman–Crippen LogP) is 5.39. The molecule has 132 valence electrons. The van der Waals surface area contributed by atoms with Gasteiger partial charge in [0.1, 0.15) is 0 Å². The summed E-state index contributed by atoms with van der Waals surface area (Å²) in [5.74, 6) is -0.454. The van der Waals surface area contributed by atoms with E-state index in [2.05, 4.69) is 6.92 Å². The molecule has 1 unspecified atom stereocenters. The Morgan fingerprint density at radius 2 is 1.23 bits per heavy atom. The molecular formula is C19H38O3. The Morgan fingerprint density at radius 1 is 0.773 bits per heavy atom. The van der Waals surface area contributed by atoms with Gasteiger partial charge in [-0.2, -0.15) is 0 Å². The fraction of sp³-hybridized carbons (Fsp3) is 0.947. The van der Waals surface area contributed by atoms with Gasteiger partial charge >= 0.3 is 5.97 Å². The molecule has 0 radical (unpaired) electrons. The van der Waals surface area contributed by atoms with E-state index in [-0.39, 0.29) is 0 Å². The topological polar surface area (TPSA) is 46.5 Å². The molecule has 3 heteroatoms. The van der Waals surface area contributed by atoms with Gasteiger partial charge < -0.3 is 9.84 Å². The first-order valence-electron chi connectivity index (χ1n) is 9.57. The zero-order valence-electron chi connectivity index (χ0n) is 14.9. The highest BCUT2D eigenvalue weighted by Crippen LogP contribution is 2.13. The molecule has 0 heterocycles. The van der Waals surface area contributed by atoms with Crippen molar-refractivity contribution in [3.8, 4) is 0 Å².